The van der Waals surface area contributed by atoms with Crippen molar-refractivity contribution < 1.29 is 0 Å². The Kier molecular flexibility index (Phi) is 4.93. The molecule has 140 valence electrons. The number of aromatic amines is 1. The van der Waals surface area contributed by atoms with Gasteiger partial charge in [0.05, 0.1) is 5.69 Å². The van der Waals surface area contributed by atoms with Crippen LogP contribution in [0, 0.1) is 0 Å². The second-order valence-corrected chi connectivity index (χ2v) is 6.64. The van der Waals surface area contributed by atoms with E-state index < -0.39 is 0 Å². The number of pyridine rings is 1. The number of nitrogens with one attached hydrogen (secondary N) is 3. The van der Waals surface area contributed by atoms with E-state index in [0.29, 0.717) is 12.4 Å². The fourth-order valence-electron chi connectivity index (χ4n) is 3.02. The summed E-state index contributed by atoms with van der Waals surface area (Å²) in [6.07, 6.45) is 5.15. The molecular formula is C18H23N9. The summed E-state index contributed by atoms with van der Waals surface area (Å²) in [5.41, 5.74) is 3.18. The Morgan fingerprint density at radius 2 is 2.15 bits per heavy atom. The fraction of sp³-hybridized carbons (Fsp3) is 0.389. The number of aromatic nitrogens is 6. The molecular weight excluding hydrogens is 342 g/mol. The fourth-order valence-corrected chi connectivity index (χ4v) is 3.02. The number of anilines is 2. The van der Waals surface area contributed by atoms with Crippen molar-refractivity contribution in [3.05, 3.63) is 41.6 Å². The molecule has 0 radical (unpaired) electrons. The first kappa shape index (κ1) is 17.3. The Balaban J connectivity index is 1.45. The minimum Gasteiger partial charge on any atom is -0.369 e. The summed E-state index contributed by atoms with van der Waals surface area (Å²) in [5.74, 6) is 3.13. The maximum absolute atomic E-state index is 4.69. The van der Waals surface area contributed by atoms with Gasteiger partial charge in [-0.15, -0.1) is 0 Å². The third-order valence-electron chi connectivity index (χ3n) is 4.43. The highest BCUT2D eigenvalue weighted by molar-refractivity contribution is 5.53. The van der Waals surface area contributed by atoms with Crippen LogP contribution >= 0.6 is 0 Å². The summed E-state index contributed by atoms with van der Waals surface area (Å²) in [7, 11) is 3.91. The first-order valence-electron chi connectivity index (χ1n) is 9.04. The molecule has 9 heteroatoms. The molecule has 0 saturated heterocycles. The molecule has 0 atom stereocenters. The van der Waals surface area contributed by atoms with Crippen LogP contribution in [0.4, 0.5) is 11.8 Å². The lowest BCUT2D eigenvalue weighted by Gasteiger charge is -2.22. The van der Waals surface area contributed by atoms with Gasteiger partial charge in [0.2, 0.25) is 5.95 Å². The quantitative estimate of drug-likeness (QED) is 0.594. The van der Waals surface area contributed by atoms with Crippen LogP contribution in [0.1, 0.15) is 17.1 Å². The number of hydrogen-bond acceptors (Lipinski definition) is 8. The number of nitrogens with zero attached hydrogens (tertiary/aromatic N) is 6. The molecule has 3 aromatic rings. The van der Waals surface area contributed by atoms with Crippen molar-refractivity contribution in [1.29, 1.82) is 0 Å². The van der Waals surface area contributed by atoms with Gasteiger partial charge in [-0.05, 0) is 25.1 Å². The molecule has 9 nitrogen and oxygen atoms in total. The van der Waals surface area contributed by atoms with Gasteiger partial charge in [0.1, 0.15) is 11.6 Å². The lowest BCUT2D eigenvalue weighted by Crippen LogP contribution is -2.28. The Morgan fingerprint density at radius 1 is 1.22 bits per heavy atom. The van der Waals surface area contributed by atoms with Crippen molar-refractivity contribution in [1.82, 2.24) is 35.5 Å². The highest BCUT2D eigenvalue weighted by Crippen LogP contribution is 2.22. The molecule has 4 rings (SSSR count). The van der Waals surface area contributed by atoms with E-state index in [0.717, 1.165) is 54.8 Å². The number of H-pyrrole nitrogens is 1. The van der Waals surface area contributed by atoms with E-state index >= 15 is 0 Å². The van der Waals surface area contributed by atoms with Crippen LogP contribution < -0.4 is 15.5 Å². The average Bonchev–Trinajstić information content (AvgIpc) is 3.17. The molecule has 0 amide bonds. The van der Waals surface area contributed by atoms with Crippen molar-refractivity contribution >= 4 is 11.8 Å². The van der Waals surface area contributed by atoms with Crippen LogP contribution in [-0.2, 0) is 19.4 Å². The van der Waals surface area contributed by atoms with Crippen LogP contribution in [-0.4, -0.2) is 57.3 Å². The van der Waals surface area contributed by atoms with Gasteiger partial charge in [-0.2, -0.15) is 10.1 Å². The molecule has 1 aliphatic rings. The third-order valence-corrected chi connectivity index (χ3v) is 4.43. The van der Waals surface area contributed by atoms with Crippen molar-refractivity contribution in [3.63, 3.8) is 0 Å². The minimum atomic E-state index is 0.665. The highest BCUT2D eigenvalue weighted by atomic mass is 15.2. The summed E-state index contributed by atoms with van der Waals surface area (Å²) >= 11 is 0. The van der Waals surface area contributed by atoms with Crippen LogP contribution in [0.3, 0.4) is 0 Å². The molecule has 0 aliphatic carbocycles. The maximum Gasteiger partial charge on any atom is 0.227 e. The number of hydrogen-bond donors (Lipinski definition) is 3. The van der Waals surface area contributed by atoms with Crippen LogP contribution in [0.2, 0.25) is 0 Å². The molecule has 0 spiro atoms. The normalized spacial score (nSPS) is 13.3. The molecule has 1 aliphatic heterocycles. The Labute approximate surface area is 157 Å². The van der Waals surface area contributed by atoms with Gasteiger partial charge in [0, 0.05) is 57.1 Å². The van der Waals surface area contributed by atoms with E-state index in [1.54, 1.807) is 12.4 Å². The van der Waals surface area contributed by atoms with Crippen molar-refractivity contribution in [2.45, 2.75) is 19.4 Å². The SMILES string of the molecule is CN(C)c1nc2c(c(NCCc3nc(-c4cccnc4)n[nH]3)n1)CCNC2. The summed E-state index contributed by atoms with van der Waals surface area (Å²) in [5, 5.41) is 14.1. The Morgan fingerprint density at radius 3 is 2.96 bits per heavy atom. The zero-order chi connectivity index (χ0) is 18.6. The van der Waals surface area contributed by atoms with Crippen molar-refractivity contribution in [2.75, 3.05) is 37.4 Å². The van der Waals surface area contributed by atoms with E-state index in [1.165, 1.54) is 5.56 Å². The summed E-state index contributed by atoms with van der Waals surface area (Å²) in [4.78, 5) is 19.9. The maximum atomic E-state index is 4.69. The Hall–Kier alpha value is -3.07. The topological polar surface area (TPSA) is 108 Å². The van der Waals surface area contributed by atoms with Gasteiger partial charge >= 0.3 is 0 Å². The molecule has 0 bridgehead atoms. The molecule has 27 heavy (non-hydrogen) atoms. The molecule has 4 heterocycles. The smallest absolute Gasteiger partial charge is 0.227 e. The largest absolute Gasteiger partial charge is 0.369 e. The lowest BCUT2D eigenvalue weighted by molar-refractivity contribution is 0.623. The van der Waals surface area contributed by atoms with Gasteiger partial charge in [0.15, 0.2) is 5.82 Å². The van der Waals surface area contributed by atoms with Crippen molar-refractivity contribution in [3.8, 4) is 11.4 Å². The number of rotatable bonds is 6. The van der Waals surface area contributed by atoms with Crippen molar-refractivity contribution in [2.24, 2.45) is 0 Å². The minimum absolute atomic E-state index is 0.665. The first-order chi connectivity index (χ1) is 13.2. The standard InChI is InChI=1S/C18H23N9/c1-27(2)18-22-14-11-20-8-5-13(14)17(24-18)21-9-6-15-23-16(26-25-15)12-4-3-7-19-10-12/h3-4,7,10,20H,5-6,8-9,11H2,1-2H3,(H,21,22,24)(H,23,25,26). The Bertz CT molecular complexity index is 904. The van der Waals surface area contributed by atoms with Gasteiger partial charge in [0.25, 0.3) is 0 Å². The lowest BCUT2D eigenvalue weighted by atomic mass is 10.1. The van der Waals surface area contributed by atoms with E-state index in [1.807, 2.05) is 31.1 Å². The van der Waals surface area contributed by atoms with Gasteiger partial charge < -0.3 is 15.5 Å². The second kappa shape index (κ2) is 7.67. The molecule has 0 fully saturated rings. The highest BCUT2D eigenvalue weighted by Gasteiger charge is 2.18. The zero-order valence-electron chi connectivity index (χ0n) is 15.5. The van der Waals surface area contributed by atoms with Crippen LogP contribution in [0.25, 0.3) is 11.4 Å². The predicted molar refractivity (Wildman–Crippen MR) is 104 cm³/mol. The van der Waals surface area contributed by atoms with E-state index in [4.69, 9.17) is 4.98 Å². The average molecular weight is 365 g/mol. The molecule has 0 aromatic carbocycles. The molecule has 3 aromatic heterocycles. The first-order valence-corrected chi connectivity index (χ1v) is 9.04. The molecule has 0 saturated carbocycles. The third kappa shape index (κ3) is 3.87. The number of fused-ring (bicyclic) bond motifs is 1. The summed E-state index contributed by atoms with van der Waals surface area (Å²) in [6, 6.07) is 3.82. The molecule has 0 unspecified atom stereocenters. The zero-order valence-corrected chi connectivity index (χ0v) is 15.5. The monoisotopic (exact) mass is 365 g/mol. The van der Waals surface area contributed by atoms with Crippen LogP contribution in [0.5, 0.6) is 0 Å². The van der Waals surface area contributed by atoms with E-state index in [2.05, 4.69) is 35.8 Å². The van der Waals surface area contributed by atoms with E-state index in [9.17, 15) is 0 Å². The predicted octanol–water partition coefficient (Wildman–Crippen LogP) is 1.02. The van der Waals surface area contributed by atoms with Gasteiger partial charge in [-0.3, -0.25) is 10.1 Å². The van der Waals surface area contributed by atoms with E-state index in [-0.39, 0.29) is 0 Å². The molecule has 3 N–H and O–H groups in total. The second-order valence-electron chi connectivity index (χ2n) is 6.64. The van der Waals surface area contributed by atoms with Gasteiger partial charge in [-0.1, -0.05) is 0 Å². The van der Waals surface area contributed by atoms with Crippen LogP contribution in [0.15, 0.2) is 24.5 Å². The summed E-state index contributed by atoms with van der Waals surface area (Å²) < 4.78 is 0. The van der Waals surface area contributed by atoms with Gasteiger partial charge in [-0.25, -0.2) is 9.97 Å². The summed E-state index contributed by atoms with van der Waals surface area (Å²) in [6.45, 7) is 2.44.